The molecule has 0 aliphatic carbocycles. The van der Waals surface area contributed by atoms with Crippen LogP contribution in [0.25, 0.3) is 11.0 Å². The number of rotatable bonds is 5. The monoisotopic (exact) mass is 427 g/mol. The third-order valence-electron chi connectivity index (χ3n) is 5.43. The molecule has 7 heteroatoms. The zero-order valence-electron chi connectivity index (χ0n) is 17.4. The summed E-state index contributed by atoms with van der Waals surface area (Å²) >= 11 is 0. The van der Waals surface area contributed by atoms with Crippen LogP contribution in [0.4, 0.5) is 5.95 Å². The molecule has 1 amide bonds. The minimum absolute atomic E-state index is 0.185. The van der Waals surface area contributed by atoms with Gasteiger partial charge in [-0.1, -0.05) is 42.5 Å². The van der Waals surface area contributed by atoms with E-state index in [1.54, 1.807) is 6.92 Å². The number of carbonyl (C=O) groups is 2. The van der Waals surface area contributed by atoms with Crippen LogP contribution in [0.2, 0.25) is 0 Å². The number of carbonyl (C=O) groups excluding carboxylic acids is 2. The molecule has 1 aliphatic rings. The van der Waals surface area contributed by atoms with Gasteiger partial charge in [-0.25, -0.2) is 4.98 Å². The van der Waals surface area contributed by atoms with Crippen molar-refractivity contribution in [3.8, 4) is 11.5 Å². The lowest BCUT2D eigenvalue weighted by molar-refractivity contribution is -0.152. The fraction of sp³-hybridized carbons (Fsp3) is 0.160. The van der Waals surface area contributed by atoms with Gasteiger partial charge in [0.05, 0.1) is 23.7 Å². The Morgan fingerprint density at radius 2 is 1.75 bits per heavy atom. The summed E-state index contributed by atoms with van der Waals surface area (Å²) in [4.78, 5) is 30.5. The largest absolute Gasteiger partial charge is 0.465 e. The molecule has 2 atom stereocenters. The Morgan fingerprint density at radius 1 is 1.00 bits per heavy atom. The van der Waals surface area contributed by atoms with Crippen molar-refractivity contribution < 1.29 is 19.1 Å². The lowest BCUT2D eigenvalue weighted by Crippen LogP contribution is -2.43. The number of esters is 1. The Kier molecular flexibility index (Phi) is 5.07. The molecular weight excluding hydrogens is 406 g/mol. The van der Waals surface area contributed by atoms with Crippen molar-refractivity contribution in [2.75, 3.05) is 11.9 Å². The third-order valence-corrected chi connectivity index (χ3v) is 5.43. The Balaban J connectivity index is 1.65. The number of nitrogens with one attached hydrogen (secondary N) is 1. The molecule has 1 N–H and O–H groups in total. The van der Waals surface area contributed by atoms with E-state index in [-0.39, 0.29) is 6.61 Å². The summed E-state index contributed by atoms with van der Waals surface area (Å²) in [6.45, 7) is 1.91. The van der Waals surface area contributed by atoms with Gasteiger partial charge < -0.3 is 14.0 Å². The molecule has 0 fully saturated rings. The molecule has 5 rings (SSSR count). The van der Waals surface area contributed by atoms with Gasteiger partial charge in [0, 0.05) is 0 Å². The molecule has 1 aromatic heterocycles. The Hall–Kier alpha value is -4.13. The highest BCUT2D eigenvalue weighted by atomic mass is 16.5. The standard InChI is InChI=1S/C25H21N3O4/c1-2-31-24(30)21-22(16-9-8-12-18(15-16)32-17-10-4-3-5-11-17)28-20-14-7-6-13-19(20)26-25(28)27-23(21)29/h3-15,21-22H,2H2,1H3,(H,26,27,29). The number of anilines is 1. The maximum atomic E-state index is 13.0. The Morgan fingerprint density at radius 3 is 2.56 bits per heavy atom. The summed E-state index contributed by atoms with van der Waals surface area (Å²) in [5.74, 6) is -0.378. The predicted molar refractivity (Wildman–Crippen MR) is 120 cm³/mol. The van der Waals surface area contributed by atoms with Crippen LogP contribution in [0.15, 0.2) is 78.9 Å². The van der Waals surface area contributed by atoms with Crippen molar-refractivity contribution >= 4 is 28.9 Å². The van der Waals surface area contributed by atoms with Crippen LogP contribution >= 0.6 is 0 Å². The first-order valence-corrected chi connectivity index (χ1v) is 10.4. The van der Waals surface area contributed by atoms with Crippen LogP contribution in [0.1, 0.15) is 18.5 Å². The van der Waals surface area contributed by atoms with Gasteiger partial charge in [-0.2, -0.15) is 0 Å². The quantitative estimate of drug-likeness (QED) is 0.373. The number of amides is 1. The number of aromatic nitrogens is 2. The van der Waals surface area contributed by atoms with E-state index in [0.717, 1.165) is 16.6 Å². The van der Waals surface area contributed by atoms with Crippen molar-refractivity contribution in [2.45, 2.75) is 13.0 Å². The van der Waals surface area contributed by atoms with E-state index in [1.165, 1.54) is 0 Å². The number of hydrogen-bond donors (Lipinski definition) is 1. The van der Waals surface area contributed by atoms with Gasteiger partial charge in [0.15, 0.2) is 5.92 Å². The zero-order chi connectivity index (χ0) is 22.1. The number of fused-ring (bicyclic) bond motifs is 3. The Labute approximate surface area is 184 Å². The molecule has 0 radical (unpaired) electrons. The molecule has 32 heavy (non-hydrogen) atoms. The highest BCUT2D eigenvalue weighted by Gasteiger charge is 2.44. The van der Waals surface area contributed by atoms with Gasteiger partial charge in [-0.05, 0) is 48.9 Å². The highest BCUT2D eigenvalue weighted by Crippen LogP contribution is 2.39. The van der Waals surface area contributed by atoms with Gasteiger partial charge in [-0.15, -0.1) is 0 Å². The normalized spacial score (nSPS) is 17.5. The van der Waals surface area contributed by atoms with Crippen LogP contribution in [-0.2, 0) is 14.3 Å². The molecule has 1 aliphatic heterocycles. The molecule has 0 saturated carbocycles. The lowest BCUT2D eigenvalue weighted by atomic mass is 9.90. The first-order valence-electron chi connectivity index (χ1n) is 10.4. The number of hydrogen-bond acceptors (Lipinski definition) is 5. The second-order valence-corrected chi connectivity index (χ2v) is 7.45. The SMILES string of the molecule is CCOC(=O)C1C(=O)Nc2nc3ccccc3n2C1c1cccc(Oc2ccccc2)c1. The number of benzene rings is 3. The van der Waals surface area contributed by atoms with Crippen LogP contribution < -0.4 is 10.1 Å². The molecule has 0 saturated heterocycles. The van der Waals surface area contributed by atoms with E-state index < -0.39 is 23.8 Å². The van der Waals surface area contributed by atoms with Crippen molar-refractivity contribution in [3.05, 3.63) is 84.4 Å². The van der Waals surface area contributed by atoms with E-state index in [9.17, 15) is 9.59 Å². The van der Waals surface area contributed by atoms with Crippen LogP contribution in [0.3, 0.4) is 0 Å². The highest BCUT2D eigenvalue weighted by molar-refractivity contribution is 6.07. The van der Waals surface area contributed by atoms with Gasteiger partial charge in [0.2, 0.25) is 11.9 Å². The fourth-order valence-corrected chi connectivity index (χ4v) is 4.09. The molecular formula is C25H21N3O4. The average molecular weight is 427 g/mol. The maximum Gasteiger partial charge on any atom is 0.321 e. The van der Waals surface area contributed by atoms with Crippen molar-refractivity contribution in [2.24, 2.45) is 5.92 Å². The molecule has 0 spiro atoms. The minimum Gasteiger partial charge on any atom is -0.465 e. The second-order valence-electron chi connectivity index (χ2n) is 7.45. The van der Waals surface area contributed by atoms with E-state index in [1.807, 2.05) is 83.4 Å². The van der Waals surface area contributed by atoms with E-state index >= 15 is 0 Å². The third kappa shape index (κ3) is 3.47. The van der Waals surface area contributed by atoms with E-state index in [2.05, 4.69) is 10.3 Å². The minimum atomic E-state index is -1.06. The predicted octanol–water partition coefficient (Wildman–Crippen LogP) is 4.55. The topological polar surface area (TPSA) is 82.5 Å². The van der Waals surface area contributed by atoms with Gasteiger partial charge in [-0.3, -0.25) is 14.9 Å². The molecule has 4 aromatic rings. The summed E-state index contributed by atoms with van der Waals surface area (Å²) < 4.78 is 13.2. The van der Waals surface area contributed by atoms with Crippen LogP contribution in [-0.4, -0.2) is 28.0 Å². The van der Waals surface area contributed by atoms with Crippen LogP contribution in [0.5, 0.6) is 11.5 Å². The summed E-state index contributed by atoms with van der Waals surface area (Å²) in [5, 5.41) is 2.77. The first-order chi connectivity index (χ1) is 15.7. The zero-order valence-corrected chi connectivity index (χ0v) is 17.4. The van der Waals surface area contributed by atoms with E-state index in [4.69, 9.17) is 9.47 Å². The molecule has 160 valence electrons. The Bertz CT molecular complexity index is 1300. The molecule has 3 aromatic carbocycles. The molecule has 2 unspecified atom stereocenters. The van der Waals surface area contributed by atoms with Crippen molar-refractivity contribution in [3.63, 3.8) is 0 Å². The van der Waals surface area contributed by atoms with Crippen molar-refractivity contribution in [1.82, 2.24) is 9.55 Å². The van der Waals surface area contributed by atoms with Gasteiger partial charge in [0.1, 0.15) is 11.5 Å². The number of para-hydroxylation sites is 3. The smallest absolute Gasteiger partial charge is 0.321 e. The van der Waals surface area contributed by atoms with Gasteiger partial charge >= 0.3 is 5.97 Å². The van der Waals surface area contributed by atoms with Gasteiger partial charge in [0.25, 0.3) is 0 Å². The molecule has 7 nitrogen and oxygen atoms in total. The second kappa shape index (κ2) is 8.19. The van der Waals surface area contributed by atoms with E-state index in [0.29, 0.717) is 17.4 Å². The number of ether oxygens (including phenoxy) is 2. The summed E-state index contributed by atoms with van der Waals surface area (Å²) in [6.07, 6.45) is 0. The maximum absolute atomic E-state index is 13.0. The lowest BCUT2D eigenvalue weighted by Gasteiger charge is -2.32. The fourth-order valence-electron chi connectivity index (χ4n) is 4.09. The average Bonchev–Trinajstić information content (AvgIpc) is 3.17. The molecule has 0 bridgehead atoms. The number of imidazole rings is 1. The summed E-state index contributed by atoms with van der Waals surface area (Å²) in [5.41, 5.74) is 2.29. The summed E-state index contributed by atoms with van der Waals surface area (Å²) in [7, 11) is 0. The number of nitrogens with zero attached hydrogens (tertiary/aromatic N) is 2. The first kappa shape index (κ1) is 19.8. The summed E-state index contributed by atoms with van der Waals surface area (Å²) in [6, 6.07) is 23.8. The van der Waals surface area contributed by atoms with Crippen molar-refractivity contribution in [1.29, 1.82) is 0 Å². The molecule has 2 heterocycles. The van der Waals surface area contributed by atoms with Crippen LogP contribution in [0, 0.1) is 5.92 Å².